The van der Waals surface area contributed by atoms with Crippen molar-refractivity contribution in [2.24, 2.45) is 0 Å². The molecule has 0 bridgehead atoms. The number of aromatic nitrogens is 1. The van der Waals surface area contributed by atoms with E-state index in [1.54, 1.807) is 13.8 Å². The summed E-state index contributed by atoms with van der Waals surface area (Å²) in [6, 6.07) is 2.76. The molecule has 0 aliphatic carbocycles. The van der Waals surface area contributed by atoms with Gasteiger partial charge < -0.3 is 5.11 Å². The van der Waals surface area contributed by atoms with Crippen LogP contribution in [0.5, 0.6) is 0 Å². The van der Waals surface area contributed by atoms with Crippen molar-refractivity contribution in [2.75, 3.05) is 6.54 Å². The van der Waals surface area contributed by atoms with Gasteiger partial charge in [0.05, 0.1) is 5.60 Å². The van der Waals surface area contributed by atoms with Gasteiger partial charge in [0, 0.05) is 12.7 Å². The molecular weight excluding hydrogens is 264 g/mol. The maximum absolute atomic E-state index is 11.8. The first-order valence-corrected chi connectivity index (χ1v) is 6.96. The Kier molecular flexibility index (Phi) is 4.48. The molecule has 0 spiro atoms. The normalized spacial score (nSPS) is 15.5. The van der Waals surface area contributed by atoms with E-state index in [1.807, 2.05) is 0 Å². The summed E-state index contributed by atoms with van der Waals surface area (Å²) in [7, 11) is -3.65. The first kappa shape index (κ1) is 14.4. The molecule has 1 heterocycles. The Morgan fingerprint density at radius 2 is 2.18 bits per heavy atom. The van der Waals surface area contributed by atoms with E-state index < -0.39 is 15.6 Å². The number of pyridine rings is 1. The lowest BCUT2D eigenvalue weighted by atomic mass is 10.1. The van der Waals surface area contributed by atoms with Gasteiger partial charge in [-0.15, -0.1) is 0 Å². The predicted octanol–water partition coefficient (Wildman–Crippen LogP) is 1.17. The third-order valence-corrected chi connectivity index (χ3v) is 4.03. The van der Waals surface area contributed by atoms with Crippen molar-refractivity contribution < 1.29 is 13.5 Å². The molecule has 0 aliphatic rings. The van der Waals surface area contributed by atoms with Crippen LogP contribution < -0.4 is 4.72 Å². The van der Waals surface area contributed by atoms with Crippen LogP contribution in [0.1, 0.15) is 20.3 Å². The highest BCUT2D eigenvalue weighted by atomic mass is 35.5. The summed E-state index contributed by atoms with van der Waals surface area (Å²) in [5.74, 6) is 0. The smallest absolute Gasteiger partial charge is 0.242 e. The minimum atomic E-state index is -3.65. The van der Waals surface area contributed by atoms with Crippen molar-refractivity contribution in [3.8, 4) is 0 Å². The Labute approximate surface area is 106 Å². The maximum atomic E-state index is 11.8. The summed E-state index contributed by atoms with van der Waals surface area (Å²) in [6.45, 7) is 3.29. The largest absolute Gasteiger partial charge is 0.389 e. The van der Waals surface area contributed by atoms with E-state index in [9.17, 15) is 13.5 Å². The second kappa shape index (κ2) is 5.30. The Bertz CT molecular complexity index is 471. The van der Waals surface area contributed by atoms with Crippen molar-refractivity contribution in [1.29, 1.82) is 0 Å². The van der Waals surface area contributed by atoms with Crippen molar-refractivity contribution in [3.05, 3.63) is 23.5 Å². The summed E-state index contributed by atoms with van der Waals surface area (Å²) in [5, 5.41) is 9.94. The minimum absolute atomic E-state index is 0.0220. The summed E-state index contributed by atoms with van der Waals surface area (Å²) < 4.78 is 25.9. The lowest BCUT2D eigenvalue weighted by Crippen LogP contribution is -2.40. The van der Waals surface area contributed by atoms with Crippen LogP contribution in [0, 0.1) is 0 Å². The molecule has 1 rings (SSSR count). The zero-order chi connectivity index (χ0) is 13.1. The van der Waals surface area contributed by atoms with Gasteiger partial charge in [0.25, 0.3) is 0 Å². The molecule has 0 saturated heterocycles. The molecule has 96 valence electrons. The van der Waals surface area contributed by atoms with E-state index in [0.717, 1.165) is 0 Å². The Morgan fingerprint density at radius 3 is 2.65 bits per heavy atom. The van der Waals surface area contributed by atoms with Gasteiger partial charge in [-0.05, 0) is 25.5 Å². The van der Waals surface area contributed by atoms with Crippen molar-refractivity contribution in [3.63, 3.8) is 0 Å². The maximum Gasteiger partial charge on any atom is 0.242 e. The molecule has 0 saturated carbocycles. The first-order chi connectivity index (χ1) is 7.77. The van der Waals surface area contributed by atoms with Crippen LogP contribution in [0.4, 0.5) is 0 Å². The number of sulfonamides is 1. The van der Waals surface area contributed by atoms with E-state index in [1.165, 1.54) is 18.3 Å². The molecule has 1 aromatic rings. The fraction of sp³-hybridized carbons (Fsp3) is 0.500. The third-order valence-electron chi connectivity index (χ3n) is 2.42. The molecule has 0 radical (unpaired) electrons. The monoisotopic (exact) mass is 278 g/mol. The Hall–Kier alpha value is -0.690. The Morgan fingerprint density at radius 1 is 1.53 bits per heavy atom. The highest BCUT2D eigenvalue weighted by molar-refractivity contribution is 7.89. The van der Waals surface area contributed by atoms with Crippen LogP contribution in [-0.2, 0) is 10.0 Å². The van der Waals surface area contributed by atoms with Gasteiger partial charge in [0.2, 0.25) is 10.0 Å². The van der Waals surface area contributed by atoms with E-state index in [-0.39, 0.29) is 16.6 Å². The SMILES string of the molecule is CCC(C)(O)CNS(=O)(=O)c1ccc(Cl)nc1. The Balaban J connectivity index is 2.79. The minimum Gasteiger partial charge on any atom is -0.389 e. The molecule has 1 unspecified atom stereocenters. The number of nitrogens with one attached hydrogen (secondary N) is 1. The van der Waals surface area contributed by atoms with Gasteiger partial charge in [0.1, 0.15) is 10.0 Å². The van der Waals surface area contributed by atoms with Crippen molar-refractivity contribution in [2.45, 2.75) is 30.8 Å². The molecule has 0 fully saturated rings. The standard InChI is InChI=1S/C10H15ClN2O3S/c1-3-10(2,14)7-13-17(15,16)8-4-5-9(11)12-6-8/h4-6,13-14H,3,7H2,1-2H3. The zero-order valence-electron chi connectivity index (χ0n) is 9.64. The fourth-order valence-electron chi connectivity index (χ4n) is 0.980. The highest BCUT2D eigenvalue weighted by Gasteiger charge is 2.22. The third kappa shape index (κ3) is 4.23. The number of halogens is 1. The molecule has 1 aromatic heterocycles. The average molecular weight is 279 g/mol. The fourth-order valence-corrected chi connectivity index (χ4v) is 2.20. The second-order valence-electron chi connectivity index (χ2n) is 3.99. The van der Waals surface area contributed by atoms with Gasteiger partial charge in [0.15, 0.2) is 0 Å². The quantitative estimate of drug-likeness (QED) is 0.793. The van der Waals surface area contributed by atoms with Crippen molar-refractivity contribution in [1.82, 2.24) is 9.71 Å². The number of aliphatic hydroxyl groups is 1. The second-order valence-corrected chi connectivity index (χ2v) is 6.15. The van der Waals surface area contributed by atoms with Gasteiger partial charge >= 0.3 is 0 Å². The van der Waals surface area contributed by atoms with E-state index in [0.29, 0.717) is 6.42 Å². The molecule has 1 atom stereocenters. The lowest BCUT2D eigenvalue weighted by molar-refractivity contribution is 0.0613. The number of rotatable bonds is 5. The van der Waals surface area contributed by atoms with Gasteiger partial charge in [-0.25, -0.2) is 18.1 Å². The predicted molar refractivity (Wildman–Crippen MR) is 65.4 cm³/mol. The number of hydrogen-bond acceptors (Lipinski definition) is 4. The molecule has 5 nitrogen and oxygen atoms in total. The van der Waals surface area contributed by atoms with Gasteiger partial charge in [-0.3, -0.25) is 0 Å². The molecule has 0 aliphatic heterocycles. The summed E-state index contributed by atoms with van der Waals surface area (Å²) in [6.07, 6.45) is 1.62. The first-order valence-electron chi connectivity index (χ1n) is 5.10. The molecule has 7 heteroatoms. The van der Waals surface area contributed by atoms with E-state index in [2.05, 4.69) is 9.71 Å². The van der Waals surface area contributed by atoms with E-state index in [4.69, 9.17) is 11.6 Å². The molecule has 0 amide bonds. The summed E-state index contributed by atoms with van der Waals surface area (Å²) in [4.78, 5) is 3.72. The van der Waals surface area contributed by atoms with E-state index >= 15 is 0 Å². The zero-order valence-corrected chi connectivity index (χ0v) is 11.2. The molecule has 17 heavy (non-hydrogen) atoms. The van der Waals surface area contributed by atoms with Gasteiger partial charge in [-0.1, -0.05) is 18.5 Å². The lowest BCUT2D eigenvalue weighted by Gasteiger charge is -2.21. The highest BCUT2D eigenvalue weighted by Crippen LogP contribution is 2.12. The van der Waals surface area contributed by atoms with Crippen molar-refractivity contribution >= 4 is 21.6 Å². The van der Waals surface area contributed by atoms with Crippen LogP contribution in [0.2, 0.25) is 5.15 Å². The molecule has 2 N–H and O–H groups in total. The van der Waals surface area contributed by atoms with Crippen LogP contribution in [0.3, 0.4) is 0 Å². The van der Waals surface area contributed by atoms with Crippen LogP contribution >= 0.6 is 11.6 Å². The number of nitrogens with zero attached hydrogens (tertiary/aromatic N) is 1. The van der Waals surface area contributed by atoms with Crippen LogP contribution in [0.25, 0.3) is 0 Å². The average Bonchev–Trinajstić information content (AvgIpc) is 2.27. The topological polar surface area (TPSA) is 79.3 Å². The molecular formula is C10H15ClN2O3S. The summed E-state index contributed by atoms with van der Waals surface area (Å²) in [5.41, 5.74) is -1.06. The number of hydrogen-bond donors (Lipinski definition) is 2. The van der Waals surface area contributed by atoms with Crippen LogP contribution in [-0.4, -0.2) is 30.7 Å². The molecule has 0 aromatic carbocycles. The van der Waals surface area contributed by atoms with Crippen LogP contribution in [0.15, 0.2) is 23.2 Å². The van der Waals surface area contributed by atoms with Gasteiger partial charge in [-0.2, -0.15) is 0 Å². The summed E-state index contributed by atoms with van der Waals surface area (Å²) >= 11 is 5.57.